The Morgan fingerprint density at radius 3 is 2.31 bits per heavy atom. The summed E-state index contributed by atoms with van der Waals surface area (Å²) in [5, 5.41) is 3.96. The van der Waals surface area contributed by atoms with Gasteiger partial charge in [-0.25, -0.2) is 0 Å². The van der Waals surface area contributed by atoms with E-state index in [9.17, 15) is 0 Å². The molecule has 0 fully saturated rings. The van der Waals surface area contributed by atoms with Crippen LogP contribution >= 0.6 is 0 Å². The molecule has 0 aromatic heterocycles. The summed E-state index contributed by atoms with van der Waals surface area (Å²) in [5.74, 6) is 0. The lowest BCUT2D eigenvalue weighted by Crippen LogP contribution is -2.12. The smallest absolute Gasteiger partial charge is 0.106 e. The monoisotopic (exact) mass is 219 g/mol. The lowest BCUT2D eigenvalue weighted by molar-refractivity contribution is 0.213. The van der Waals surface area contributed by atoms with Gasteiger partial charge in [0.05, 0.1) is 5.71 Å². The summed E-state index contributed by atoms with van der Waals surface area (Å²) in [7, 11) is 1.57. The molecule has 0 N–H and O–H groups in total. The van der Waals surface area contributed by atoms with E-state index in [-0.39, 0.29) is 5.41 Å². The Morgan fingerprint density at radius 2 is 1.88 bits per heavy atom. The lowest BCUT2D eigenvalue weighted by Gasteiger charge is -2.20. The lowest BCUT2D eigenvalue weighted by atomic mass is 9.85. The Labute approximate surface area is 98.3 Å². The predicted molar refractivity (Wildman–Crippen MR) is 69.1 cm³/mol. The van der Waals surface area contributed by atoms with E-state index < -0.39 is 0 Å². The van der Waals surface area contributed by atoms with E-state index in [1.165, 1.54) is 11.1 Å². The zero-order chi connectivity index (χ0) is 12.3. The van der Waals surface area contributed by atoms with Crippen LogP contribution in [0.5, 0.6) is 0 Å². The van der Waals surface area contributed by atoms with Gasteiger partial charge in [-0.3, -0.25) is 0 Å². The molecule has 2 nitrogen and oxygen atoms in total. The van der Waals surface area contributed by atoms with Gasteiger partial charge in [-0.15, -0.1) is 0 Å². The van der Waals surface area contributed by atoms with Gasteiger partial charge >= 0.3 is 0 Å². The van der Waals surface area contributed by atoms with Gasteiger partial charge in [-0.1, -0.05) is 44.1 Å². The average Bonchev–Trinajstić information content (AvgIpc) is 2.16. The molecule has 0 saturated carbocycles. The van der Waals surface area contributed by atoms with Crippen molar-refractivity contribution in [3.63, 3.8) is 0 Å². The first-order valence-electron chi connectivity index (χ1n) is 5.55. The topological polar surface area (TPSA) is 21.6 Å². The van der Waals surface area contributed by atoms with Crippen LogP contribution in [0, 0.1) is 6.92 Å². The van der Waals surface area contributed by atoms with Gasteiger partial charge in [0.2, 0.25) is 0 Å². The largest absolute Gasteiger partial charge is 0.399 e. The molecule has 0 atom stereocenters. The number of benzene rings is 1. The molecule has 0 radical (unpaired) electrons. The number of hydrogen-bond acceptors (Lipinski definition) is 2. The molecule has 0 bridgehead atoms. The zero-order valence-electron chi connectivity index (χ0n) is 11.1. The normalized spacial score (nSPS) is 12.8. The standard InChI is InChI=1S/C14H21NO/c1-10-9-12(14(3,4)5)7-8-13(10)11(2)15-16-6/h7-9H,1-6H3/b15-11+. The van der Waals surface area contributed by atoms with Crippen LogP contribution in [0.4, 0.5) is 0 Å². The van der Waals surface area contributed by atoms with Crippen LogP contribution in [0.15, 0.2) is 23.4 Å². The van der Waals surface area contributed by atoms with Crippen LogP contribution in [-0.2, 0) is 10.3 Å². The Bertz CT molecular complexity index is 400. The molecule has 0 aliphatic heterocycles. The number of aryl methyl sites for hydroxylation is 1. The molecule has 16 heavy (non-hydrogen) atoms. The van der Waals surface area contributed by atoms with Gasteiger partial charge in [0, 0.05) is 5.56 Å². The predicted octanol–water partition coefficient (Wildman–Crippen LogP) is 3.66. The van der Waals surface area contributed by atoms with E-state index in [0.717, 1.165) is 11.3 Å². The number of rotatable bonds is 2. The minimum Gasteiger partial charge on any atom is -0.399 e. The summed E-state index contributed by atoms with van der Waals surface area (Å²) >= 11 is 0. The van der Waals surface area contributed by atoms with Crippen molar-refractivity contribution in [3.05, 3.63) is 34.9 Å². The number of oxime groups is 1. The van der Waals surface area contributed by atoms with Crippen LogP contribution in [-0.4, -0.2) is 12.8 Å². The molecular weight excluding hydrogens is 198 g/mol. The van der Waals surface area contributed by atoms with Crippen LogP contribution in [0.1, 0.15) is 44.4 Å². The third-order valence-electron chi connectivity index (χ3n) is 2.71. The maximum absolute atomic E-state index is 4.80. The van der Waals surface area contributed by atoms with E-state index in [4.69, 9.17) is 4.84 Å². The summed E-state index contributed by atoms with van der Waals surface area (Å²) < 4.78 is 0. The maximum atomic E-state index is 4.80. The third kappa shape index (κ3) is 2.84. The molecule has 1 aromatic carbocycles. The summed E-state index contributed by atoms with van der Waals surface area (Å²) in [6.07, 6.45) is 0. The van der Waals surface area contributed by atoms with Gasteiger partial charge in [0.15, 0.2) is 0 Å². The molecule has 0 amide bonds. The van der Waals surface area contributed by atoms with Gasteiger partial charge in [0.1, 0.15) is 7.11 Å². The first kappa shape index (κ1) is 12.8. The summed E-state index contributed by atoms with van der Waals surface area (Å²) in [6, 6.07) is 6.51. The van der Waals surface area contributed by atoms with E-state index in [2.05, 4.69) is 51.0 Å². The summed E-state index contributed by atoms with van der Waals surface area (Å²) in [4.78, 5) is 4.80. The van der Waals surface area contributed by atoms with E-state index in [1.807, 2.05) is 6.92 Å². The van der Waals surface area contributed by atoms with Crippen LogP contribution < -0.4 is 0 Å². The second-order valence-corrected chi connectivity index (χ2v) is 5.14. The van der Waals surface area contributed by atoms with Gasteiger partial charge in [-0.2, -0.15) is 0 Å². The fourth-order valence-electron chi connectivity index (χ4n) is 1.72. The molecule has 0 saturated heterocycles. The van der Waals surface area contributed by atoms with Gasteiger partial charge < -0.3 is 4.84 Å². The fourth-order valence-corrected chi connectivity index (χ4v) is 1.72. The molecule has 0 spiro atoms. The Morgan fingerprint density at radius 1 is 1.25 bits per heavy atom. The van der Waals surface area contributed by atoms with Crippen molar-refractivity contribution in [1.82, 2.24) is 0 Å². The molecule has 1 aromatic rings. The minimum atomic E-state index is 0.190. The summed E-state index contributed by atoms with van der Waals surface area (Å²) in [5.41, 5.74) is 4.84. The third-order valence-corrected chi connectivity index (χ3v) is 2.71. The Hall–Kier alpha value is -1.31. The van der Waals surface area contributed by atoms with Crippen LogP contribution in [0.25, 0.3) is 0 Å². The summed E-state index contributed by atoms with van der Waals surface area (Å²) in [6.45, 7) is 10.7. The first-order valence-corrected chi connectivity index (χ1v) is 5.55. The quantitative estimate of drug-likeness (QED) is 0.549. The SMILES string of the molecule is CO/N=C(\C)c1ccc(C(C)(C)C)cc1C. The molecule has 1 rings (SSSR count). The minimum absolute atomic E-state index is 0.190. The highest BCUT2D eigenvalue weighted by Gasteiger charge is 2.14. The van der Waals surface area contributed by atoms with E-state index >= 15 is 0 Å². The van der Waals surface area contributed by atoms with Crippen molar-refractivity contribution >= 4 is 5.71 Å². The molecule has 0 aliphatic rings. The van der Waals surface area contributed by atoms with Crippen molar-refractivity contribution < 1.29 is 4.84 Å². The van der Waals surface area contributed by atoms with Gasteiger partial charge in [-0.05, 0) is 30.4 Å². The van der Waals surface area contributed by atoms with E-state index in [0.29, 0.717) is 0 Å². The van der Waals surface area contributed by atoms with Gasteiger partial charge in [0.25, 0.3) is 0 Å². The highest BCUT2D eigenvalue weighted by Crippen LogP contribution is 2.24. The Kier molecular flexibility index (Phi) is 3.74. The molecule has 0 heterocycles. The zero-order valence-corrected chi connectivity index (χ0v) is 11.1. The number of hydrogen-bond donors (Lipinski definition) is 0. The van der Waals surface area contributed by atoms with Crippen molar-refractivity contribution in [2.75, 3.05) is 7.11 Å². The Balaban J connectivity index is 3.15. The molecular formula is C14H21NO. The number of nitrogens with zero attached hydrogens (tertiary/aromatic N) is 1. The van der Waals surface area contributed by atoms with Crippen molar-refractivity contribution in [1.29, 1.82) is 0 Å². The maximum Gasteiger partial charge on any atom is 0.106 e. The molecule has 2 heteroatoms. The highest BCUT2D eigenvalue weighted by molar-refractivity contribution is 5.99. The molecule has 0 aliphatic carbocycles. The van der Waals surface area contributed by atoms with E-state index in [1.54, 1.807) is 7.11 Å². The van der Waals surface area contributed by atoms with Crippen molar-refractivity contribution in [3.8, 4) is 0 Å². The second-order valence-electron chi connectivity index (χ2n) is 5.14. The molecule has 0 unspecified atom stereocenters. The van der Waals surface area contributed by atoms with Crippen molar-refractivity contribution in [2.24, 2.45) is 5.16 Å². The second kappa shape index (κ2) is 4.69. The van der Waals surface area contributed by atoms with Crippen LogP contribution in [0.2, 0.25) is 0 Å². The average molecular weight is 219 g/mol. The first-order chi connectivity index (χ1) is 7.36. The van der Waals surface area contributed by atoms with Crippen LogP contribution in [0.3, 0.4) is 0 Å². The molecule has 88 valence electrons. The fraction of sp³-hybridized carbons (Fsp3) is 0.500. The van der Waals surface area contributed by atoms with Crippen molar-refractivity contribution in [2.45, 2.75) is 40.0 Å². The highest BCUT2D eigenvalue weighted by atomic mass is 16.6.